The van der Waals surface area contributed by atoms with E-state index in [1.54, 1.807) is 19.1 Å². The number of carbonyl (C=O) groups is 1. The molecule has 88 valence electrons. The molecule has 0 aliphatic heterocycles. The van der Waals surface area contributed by atoms with E-state index in [1.807, 2.05) is 12.1 Å². The van der Waals surface area contributed by atoms with Crippen molar-refractivity contribution in [2.75, 3.05) is 6.61 Å². The lowest BCUT2D eigenvalue weighted by Crippen LogP contribution is -2.12. The Bertz CT molecular complexity index is 329. The minimum absolute atomic E-state index is 0.133. The number of aliphatic hydroxyl groups excluding tert-OH is 1. The molecule has 0 aliphatic carbocycles. The molecule has 0 fully saturated rings. The minimum Gasteiger partial charge on any atom is -0.491 e. The Balaban J connectivity index is 2.44. The second-order valence-electron chi connectivity index (χ2n) is 3.70. The Morgan fingerprint density at radius 3 is 2.50 bits per heavy atom. The molecule has 1 atom stereocenters. The first-order valence-corrected chi connectivity index (χ1v) is 5.19. The van der Waals surface area contributed by atoms with Gasteiger partial charge in [0, 0.05) is 6.42 Å². The van der Waals surface area contributed by atoms with Crippen LogP contribution in [0, 0.1) is 0 Å². The lowest BCUT2D eigenvalue weighted by Gasteiger charge is -2.08. The summed E-state index contributed by atoms with van der Waals surface area (Å²) in [4.78, 5) is 10.4. The molecule has 0 unspecified atom stereocenters. The van der Waals surface area contributed by atoms with E-state index in [1.165, 1.54) is 0 Å². The van der Waals surface area contributed by atoms with E-state index in [-0.39, 0.29) is 13.0 Å². The van der Waals surface area contributed by atoms with E-state index in [2.05, 4.69) is 0 Å². The molecule has 0 radical (unpaired) electrons. The van der Waals surface area contributed by atoms with E-state index < -0.39 is 12.1 Å². The van der Waals surface area contributed by atoms with Crippen LogP contribution in [0.2, 0.25) is 0 Å². The van der Waals surface area contributed by atoms with Gasteiger partial charge in [-0.2, -0.15) is 0 Å². The fraction of sp³-hybridized carbons (Fsp3) is 0.417. The highest BCUT2D eigenvalue weighted by molar-refractivity contribution is 5.67. The maximum absolute atomic E-state index is 10.4. The van der Waals surface area contributed by atoms with Crippen molar-refractivity contribution in [1.82, 2.24) is 0 Å². The van der Waals surface area contributed by atoms with Gasteiger partial charge in [-0.25, -0.2) is 0 Å². The molecule has 1 rings (SSSR count). The normalized spacial score (nSPS) is 12.1. The number of aryl methyl sites for hydroxylation is 1. The zero-order chi connectivity index (χ0) is 12.0. The first-order chi connectivity index (χ1) is 7.58. The van der Waals surface area contributed by atoms with E-state index in [0.29, 0.717) is 12.2 Å². The van der Waals surface area contributed by atoms with Crippen molar-refractivity contribution in [3.05, 3.63) is 29.8 Å². The summed E-state index contributed by atoms with van der Waals surface area (Å²) < 4.78 is 5.28. The standard InChI is InChI=1S/C12H16O4/c1-9(13)8-16-11-5-2-10(3-6-11)4-7-12(14)15/h2-3,5-6,9,13H,4,7-8H2,1H3,(H,14,15)/t9-/m0/s1. The highest BCUT2D eigenvalue weighted by atomic mass is 16.5. The van der Waals surface area contributed by atoms with Gasteiger partial charge in [-0.15, -0.1) is 0 Å². The third-order valence-electron chi connectivity index (χ3n) is 2.04. The molecule has 0 saturated heterocycles. The molecular weight excluding hydrogens is 208 g/mol. The van der Waals surface area contributed by atoms with Crippen molar-refractivity contribution in [1.29, 1.82) is 0 Å². The first kappa shape index (κ1) is 12.5. The number of hydrogen-bond acceptors (Lipinski definition) is 3. The Labute approximate surface area is 94.5 Å². The minimum atomic E-state index is -0.797. The zero-order valence-corrected chi connectivity index (χ0v) is 9.22. The predicted molar refractivity (Wildman–Crippen MR) is 59.6 cm³/mol. The van der Waals surface area contributed by atoms with Crippen molar-refractivity contribution in [3.63, 3.8) is 0 Å². The van der Waals surface area contributed by atoms with E-state index in [0.717, 1.165) is 5.56 Å². The molecule has 4 nitrogen and oxygen atoms in total. The summed E-state index contributed by atoms with van der Waals surface area (Å²) in [5.74, 6) is -0.116. The molecule has 1 aromatic carbocycles. The zero-order valence-electron chi connectivity index (χ0n) is 9.22. The topological polar surface area (TPSA) is 66.8 Å². The average molecular weight is 224 g/mol. The molecule has 0 bridgehead atoms. The number of aliphatic carboxylic acids is 1. The summed E-state index contributed by atoms with van der Waals surface area (Å²) in [6, 6.07) is 7.22. The molecule has 2 N–H and O–H groups in total. The van der Waals surface area contributed by atoms with Crippen LogP contribution in [0.25, 0.3) is 0 Å². The maximum Gasteiger partial charge on any atom is 0.303 e. The van der Waals surface area contributed by atoms with Gasteiger partial charge in [-0.05, 0) is 31.0 Å². The number of carboxylic acid groups (broad SMARTS) is 1. The van der Waals surface area contributed by atoms with Crippen LogP contribution < -0.4 is 4.74 Å². The summed E-state index contributed by atoms with van der Waals surface area (Å²) in [6.45, 7) is 1.91. The number of aliphatic hydroxyl groups is 1. The maximum atomic E-state index is 10.4. The van der Waals surface area contributed by atoms with Crippen LogP contribution in [0.1, 0.15) is 18.9 Å². The van der Waals surface area contributed by atoms with Gasteiger partial charge in [-0.1, -0.05) is 12.1 Å². The third-order valence-corrected chi connectivity index (χ3v) is 2.04. The fourth-order valence-electron chi connectivity index (χ4n) is 1.22. The second-order valence-corrected chi connectivity index (χ2v) is 3.70. The summed E-state index contributed by atoms with van der Waals surface area (Å²) >= 11 is 0. The molecule has 0 spiro atoms. The lowest BCUT2D eigenvalue weighted by molar-refractivity contribution is -0.136. The van der Waals surface area contributed by atoms with E-state index >= 15 is 0 Å². The van der Waals surface area contributed by atoms with Crippen LogP contribution in [0.3, 0.4) is 0 Å². The molecule has 0 aromatic heterocycles. The van der Waals surface area contributed by atoms with Crippen LogP contribution in [-0.4, -0.2) is 28.9 Å². The van der Waals surface area contributed by atoms with Crippen LogP contribution in [-0.2, 0) is 11.2 Å². The van der Waals surface area contributed by atoms with Gasteiger partial charge in [0.15, 0.2) is 0 Å². The molecule has 1 aromatic rings. The lowest BCUT2D eigenvalue weighted by atomic mass is 10.1. The van der Waals surface area contributed by atoms with Gasteiger partial charge in [0.05, 0.1) is 6.10 Å². The molecule has 4 heteroatoms. The Hall–Kier alpha value is -1.55. The number of ether oxygens (including phenoxy) is 1. The molecule has 0 amide bonds. The number of carboxylic acids is 1. The van der Waals surface area contributed by atoms with Crippen LogP contribution in [0.5, 0.6) is 5.75 Å². The van der Waals surface area contributed by atoms with Crippen LogP contribution >= 0.6 is 0 Å². The fourth-order valence-corrected chi connectivity index (χ4v) is 1.22. The highest BCUT2D eigenvalue weighted by Gasteiger charge is 2.01. The van der Waals surface area contributed by atoms with Crippen molar-refractivity contribution < 1.29 is 19.7 Å². The average Bonchev–Trinajstić information content (AvgIpc) is 2.25. The van der Waals surface area contributed by atoms with Crippen molar-refractivity contribution >= 4 is 5.97 Å². The highest BCUT2D eigenvalue weighted by Crippen LogP contribution is 2.13. The van der Waals surface area contributed by atoms with Gasteiger partial charge in [-0.3, -0.25) is 4.79 Å². The second kappa shape index (κ2) is 6.12. The van der Waals surface area contributed by atoms with Gasteiger partial charge in [0.25, 0.3) is 0 Å². The summed E-state index contributed by atoms with van der Waals surface area (Å²) in [5.41, 5.74) is 0.965. The first-order valence-electron chi connectivity index (χ1n) is 5.19. The van der Waals surface area contributed by atoms with Crippen LogP contribution in [0.4, 0.5) is 0 Å². The van der Waals surface area contributed by atoms with Crippen molar-refractivity contribution in [3.8, 4) is 5.75 Å². The summed E-state index contributed by atoms with van der Waals surface area (Å²) in [6.07, 6.45) is 0.159. The SMILES string of the molecule is C[C@H](O)COc1ccc(CCC(=O)O)cc1. The largest absolute Gasteiger partial charge is 0.491 e. The Morgan fingerprint density at radius 1 is 1.38 bits per heavy atom. The van der Waals surface area contributed by atoms with Gasteiger partial charge in [0.2, 0.25) is 0 Å². The molecule has 16 heavy (non-hydrogen) atoms. The van der Waals surface area contributed by atoms with Crippen molar-refractivity contribution in [2.45, 2.75) is 25.9 Å². The number of benzene rings is 1. The Kier molecular flexibility index (Phi) is 4.79. The summed E-state index contributed by atoms with van der Waals surface area (Å²) in [7, 11) is 0. The Morgan fingerprint density at radius 2 is 2.00 bits per heavy atom. The number of rotatable bonds is 6. The monoisotopic (exact) mass is 224 g/mol. The van der Waals surface area contributed by atoms with Crippen LogP contribution in [0.15, 0.2) is 24.3 Å². The number of hydrogen-bond donors (Lipinski definition) is 2. The van der Waals surface area contributed by atoms with E-state index in [9.17, 15) is 4.79 Å². The van der Waals surface area contributed by atoms with Gasteiger partial charge < -0.3 is 14.9 Å². The predicted octanol–water partition coefficient (Wildman–Crippen LogP) is 1.46. The summed E-state index contributed by atoms with van der Waals surface area (Å²) in [5, 5.41) is 17.5. The third kappa shape index (κ3) is 4.79. The quantitative estimate of drug-likeness (QED) is 0.767. The van der Waals surface area contributed by atoms with Crippen molar-refractivity contribution in [2.24, 2.45) is 0 Å². The molecule has 0 saturated carbocycles. The molecule has 0 heterocycles. The smallest absolute Gasteiger partial charge is 0.303 e. The molecule has 0 aliphatic rings. The van der Waals surface area contributed by atoms with Gasteiger partial charge >= 0.3 is 5.97 Å². The van der Waals surface area contributed by atoms with Gasteiger partial charge in [0.1, 0.15) is 12.4 Å². The van der Waals surface area contributed by atoms with E-state index in [4.69, 9.17) is 14.9 Å². The molecular formula is C12H16O4.